The van der Waals surface area contributed by atoms with Crippen LogP contribution in [0.25, 0.3) is 0 Å². The topological polar surface area (TPSA) is 69.6 Å². The summed E-state index contributed by atoms with van der Waals surface area (Å²) >= 11 is 3.41. The van der Waals surface area contributed by atoms with Crippen molar-refractivity contribution in [2.24, 2.45) is 0 Å². The minimum atomic E-state index is 0.287. The molecule has 0 amide bonds. The summed E-state index contributed by atoms with van der Waals surface area (Å²) < 4.78 is 2.63. The van der Waals surface area contributed by atoms with Crippen molar-refractivity contribution < 1.29 is 0 Å². The predicted octanol–water partition coefficient (Wildman–Crippen LogP) is 1.07. The van der Waals surface area contributed by atoms with E-state index in [9.17, 15) is 0 Å². The van der Waals surface area contributed by atoms with E-state index < -0.39 is 0 Å². The highest BCUT2D eigenvalue weighted by Crippen LogP contribution is 2.15. The average molecular weight is 254 g/mol. The number of nitrogens with zero attached hydrogens (tertiary/aromatic N) is 4. The fourth-order valence-corrected chi connectivity index (χ4v) is 1.47. The lowest BCUT2D eigenvalue weighted by Gasteiger charge is -2.02. The lowest BCUT2D eigenvalue weighted by molar-refractivity contribution is 0.685. The standard InChI is InChI=1S/C8H8BrN5/c9-7-3-11-2-1-6(7)4-14-5-12-8(10)13-14/h1-3,5H,4H2,(H2,10,13). The first-order valence-electron chi connectivity index (χ1n) is 3.99. The van der Waals surface area contributed by atoms with Crippen molar-refractivity contribution in [1.82, 2.24) is 19.7 Å². The fourth-order valence-electron chi connectivity index (χ4n) is 1.09. The van der Waals surface area contributed by atoms with Gasteiger partial charge in [-0.05, 0) is 27.6 Å². The maximum absolute atomic E-state index is 5.40. The number of rotatable bonds is 2. The molecule has 2 heterocycles. The largest absolute Gasteiger partial charge is 0.367 e. The van der Waals surface area contributed by atoms with Crippen LogP contribution in [0.1, 0.15) is 5.56 Å². The Labute approximate surface area is 89.1 Å². The molecule has 0 fully saturated rings. The molecule has 0 unspecified atom stereocenters. The molecule has 5 nitrogen and oxygen atoms in total. The van der Waals surface area contributed by atoms with E-state index in [4.69, 9.17) is 5.73 Å². The van der Waals surface area contributed by atoms with Crippen LogP contribution in [0.4, 0.5) is 5.95 Å². The van der Waals surface area contributed by atoms with Gasteiger partial charge < -0.3 is 5.73 Å². The van der Waals surface area contributed by atoms with Gasteiger partial charge in [-0.3, -0.25) is 4.98 Å². The van der Waals surface area contributed by atoms with Crippen molar-refractivity contribution in [3.63, 3.8) is 0 Å². The highest BCUT2D eigenvalue weighted by Gasteiger charge is 2.01. The quantitative estimate of drug-likeness (QED) is 0.870. The number of nitrogens with two attached hydrogens (primary N) is 1. The molecule has 0 atom stereocenters. The minimum Gasteiger partial charge on any atom is -0.367 e. The SMILES string of the molecule is Nc1ncn(Cc2ccncc2Br)n1. The smallest absolute Gasteiger partial charge is 0.239 e. The molecule has 0 aliphatic rings. The van der Waals surface area contributed by atoms with E-state index in [0.29, 0.717) is 6.54 Å². The first kappa shape index (κ1) is 9.14. The molecule has 72 valence electrons. The van der Waals surface area contributed by atoms with Crippen LogP contribution in [0.2, 0.25) is 0 Å². The summed E-state index contributed by atoms with van der Waals surface area (Å²) in [6.07, 6.45) is 5.08. The maximum atomic E-state index is 5.40. The molecule has 0 saturated heterocycles. The zero-order valence-electron chi connectivity index (χ0n) is 7.26. The van der Waals surface area contributed by atoms with Gasteiger partial charge in [-0.25, -0.2) is 9.67 Å². The normalized spacial score (nSPS) is 10.4. The molecule has 2 aromatic heterocycles. The van der Waals surface area contributed by atoms with Crippen molar-refractivity contribution in [2.45, 2.75) is 6.54 Å². The minimum absolute atomic E-state index is 0.287. The highest BCUT2D eigenvalue weighted by molar-refractivity contribution is 9.10. The number of hydrogen-bond donors (Lipinski definition) is 1. The number of nitrogen functional groups attached to an aromatic ring is 1. The lowest BCUT2D eigenvalue weighted by atomic mass is 10.3. The molecule has 2 rings (SSSR count). The van der Waals surface area contributed by atoms with E-state index in [1.807, 2.05) is 6.07 Å². The van der Waals surface area contributed by atoms with Crippen LogP contribution in [-0.2, 0) is 6.54 Å². The molecule has 0 spiro atoms. The van der Waals surface area contributed by atoms with Gasteiger partial charge in [0.25, 0.3) is 0 Å². The van der Waals surface area contributed by atoms with Crippen LogP contribution in [0.15, 0.2) is 29.3 Å². The van der Waals surface area contributed by atoms with Gasteiger partial charge in [0.2, 0.25) is 5.95 Å². The number of anilines is 1. The number of halogens is 1. The zero-order valence-corrected chi connectivity index (χ0v) is 8.85. The Morgan fingerprint density at radius 1 is 1.50 bits per heavy atom. The van der Waals surface area contributed by atoms with E-state index in [1.165, 1.54) is 0 Å². The molecule has 14 heavy (non-hydrogen) atoms. The Bertz CT molecular complexity index is 439. The van der Waals surface area contributed by atoms with Crippen LogP contribution in [0, 0.1) is 0 Å². The van der Waals surface area contributed by atoms with Crippen molar-refractivity contribution in [3.8, 4) is 0 Å². The summed E-state index contributed by atoms with van der Waals surface area (Å²) in [7, 11) is 0. The van der Waals surface area contributed by atoms with E-state index in [1.54, 1.807) is 23.4 Å². The molecular weight excluding hydrogens is 246 g/mol. The second-order valence-electron chi connectivity index (χ2n) is 2.77. The van der Waals surface area contributed by atoms with Crippen molar-refractivity contribution >= 4 is 21.9 Å². The Balaban J connectivity index is 2.23. The van der Waals surface area contributed by atoms with Gasteiger partial charge in [-0.15, -0.1) is 5.10 Å². The van der Waals surface area contributed by atoms with E-state index >= 15 is 0 Å². The van der Waals surface area contributed by atoms with Crippen LogP contribution < -0.4 is 5.73 Å². The monoisotopic (exact) mass is 253 g/mol. The highest BCUT2D eigenvalue weighted by atomic mass is 79.9. The van der Waals surface area contributed by atoms with Gasteiger partial charge in [0, 0.05) is 16.9 Å². The lowest BCUT2D eigenvalue weighted by Crippen LogP contribution is -2.01. The van der Waals surface area contributed by atoms with E-state index in [0.717, 1.165) is 10.0 Å². The Hall–Kier alpha value is -1.43. The Kier molecular flexibility index (Phi) is 2.45. The molecule has 0 radical (unpaired) electrons. The maximum Gasteiger partial charge on any atom is 0.239 e. The number of aromatic nitrogens is 4. The van der Waals surface area contributed by atoms with Gasteiger partial charge >= 0.3 is 0 Å². The second-order valence-corrected chi connectivity index (χ2v) is 3.62. The molecule has 0 aromatic carbocycles. The number of pyridine rings is 1. The van der Waals surface area contributed by atoms with E-state index in [-0.39, 0.29) is 5.95 Å². The predicted molar refractivity (Wildman–Crippen MR) is 55.5 cm³/mol. The van der Waals surface area contributed by atoms with Crippen LogP contribution in [-0.4, -0.2) is 19.7 Å². The van der Waals surface area contributed by atoms with Gasteiger partial charge in [-0.2, -0.15) is 0 Å². The second kappa shape index (κ2) is 3.75. The molecular formula is C8H8BrN5. The first-order chi connectivity index (χ1) is 6.75. The summed E-state index contributed by atoms with van der Waals surface area (Å²) in [4.78, 5) is 7.82. The van der Waals surface area contributed by atoms with Crippen molar-refractivity contribution in [1.29, 1.82) is 0 Å². The first-order valence-corrected chi connectivity index (χ1v) is 4.78. The molecule has 0 bridgehead atoms. The zero-order chi connectivity index (χ0) is 9.97. The summed E-state index contributed by atoms with van der Waals surface area (Å²) in [6, 6.07) is 1.92. The Morgan fingerprint density at radius 2 is 2.36 bits per heavy atom. The molecule has 2 aromatic rings. The third-order valence-corrected chi connectivity index (χ3v) is 2.46. The molecule has 2 N–H and O–H groups in total. The van der Waals surface area contributed by atoms with Crippen molar-refractivity contribution in [2.75, 3.05) is 5.73 Å². The van der Waals surface area contributed by atoms with Crippen LogP contribution in [0.5, 0.6) is 0 Å². The number of hydrogen-bond acceptors (Lipinski definition) is 4. The third-order valence-electron chi connectivity index (χ3n) is 1.74. The van der Waals surface area contributed by atoms with Crippen LogP contribution in [0.3, 0.4) is 0 Å². The molecule has 0 aliphatic carbocycles. The summed E-state index contributed by atoms with van der Waals surface area (Å²) in [5, 5.41) is 3.99. The van der Waals surface area contributed by atoms with Gasteiger partial charge in [0.1, 0.15) is 6.33 Å². The Morgan fingerprint density at radius 3 is 3.00 bits per heavy atom. The van der Waals surface area contributed by atoms with Gasteiger partial charge in [0.15, 0.2) is 0 Å². The summed E-state index contributed by atoms with van der Waals surface area (Å²) in [5.41, 5.74) is 6.49. The van der Waals surface area contributed by atoms with Gasteiger partial charge in [0.05, 0.1) is 6.54 Å². The molecule has 0 saturated carbocycles. The van der Waals surface area contributed by atoms with Crippen molar-refractivity contribution in [3.05, 3.63) is 34.8 Å². The van der Waals surface area contributed by atoms with Gasteiger partial charge in [-0.1, -0.05) is 0 Å². The fraction of sp³-hybridized carbons (Fsp3) is 0.125. The van der Waals surface area contributed by atoms with E-state index in [2.05, 4.69) is 31.0 Å². The average Bonchev–Trinajstić information content (AvgIpc) is 2.56. The van der Waals surface area contributed by atoms with Crippen LogP contribution >= 0.6 is 15.9 Å². The summed E-state index contributed by atoms with van der Waals surface area (Å²) in [6.45, 7) is 0.632. The third kappa shape index (κ3) is 1.90. The molecule has 0 aliphatic heterocycles. The summed E-state index contributed by atoms with van der Waals surface area (Å²) in [5.74, 6) is 0.287. The molecule has 6 heteroatoms.